The van der Waals surface area contributed by atoms with Gasteiger partial charge in [0.1, 0.15) is 6.61 Å². The molecule has 2 fully saturated rings. The molecule has 2 atom stereocenters. The second-order valence-corrected chi connectivity index (χ2v) is 9.71. The van der Waals surface area contributed by atoms with Crippen LogP contribution in [-0.2, 0) is 19.1 Å². The highest BCUT2D eigenvalue weighted by Crippen LogP contribution is 2.44. The van der Waals surface area contributed by atoms with E-state index in [2.05, 4.69) is 29.6 Å². The number of nitrogens with zero attached hydrogens (tertiary/aromatic N) is 1. The summed E-state index contributed by atoms with van der Waals surface area (Å²) >= 11 is 0. The summed E-state index contributed by atoms with van der Waals surface area (Å²) in [7, 11) is 0. The molecule has 184 valence electrons. The number of ether oxygens (including phenoxy) is 2. The molecule has 2 aromatic rings. The number of carbonyl (C=O) groups is 3. The highest BCUT2D eigenvalue weighted by Gasteiger charge is 2.45. The topological polar surface area (TPSA) is 105 Å². The van der Waals surface area contributed by atoms with Crippen molar-refractivity contribution in [2.24, 2.45) is 0 Å². The molecule has 3 aliphatic rings. The molecular formula is C27H30N2O6. The van der Waals surface area contributed by atoms with Gasteiger partial charge in [0.2, 0.25) is 5.91 Å². The molecule has 1 heterocycles. The fourth-order valence-electron chi connectivity index (χ4n) is 5.63. The predicted molar refractivity (Wildman–Crippen MR) is 128 cm³/mol. The maximum absolute atomic E-state index is 13.1. The zero-order chi connectivity index (χ0) is 24.6. The Balaban J connectivity index is 1.23. The van der Waals surface area contributed by atoms with E-state index in [-0.39, 0.29) is 31.4 Å². The summed E-state index contributed by atoms with van der Waals surface area (Å²) in [5.74, 6) is -1.41. The van der Waals surface area contributed by atoms with Crippen LogP contribution in [0.4, 0.5) is 4.79 Å². The molecule has 0 bridgehead atoms. The van der Waals surface area contributed by atoms with Crippen molar-refractivity contribution in [2.45, 2.75) is 56.2 Å². The first-order valence-electron chi connectivity index (χ1n) is 12.2. The van der Waals surface area contributed by atoms with Gasteiger partial charge in [-0.3, -0.25) is 4.79 Å². The number of alkyl carbamates (subject to hydrolysis) is 1. The average Bonchev–Trinajstić information content (AvgIpc) is 3.14. The van der Waals surface area contributed by atoms with Crippen LogP contribution in [0.25, 0.3) is 11.1 Å². The monoisotopic (exact) mass is 478 g/mol. The molecule has 5 rings (SSSR count). The Morgan fingerprint density at radius 3 is 2.29 bits per heavy atom. The maximum atomic E-state index is 13.1. The number of fused-ring (bicyclic) bond motifs is 3. The molecule has 2 aliphatic carbocycles. The van der Waals surface area contributed by atoms with Crippen LogP contribution in [0.1, 0.15) is 49.7 Å². The fraction of sp³-hybridized carbons (Fsp3) is 0.444. The van der Waals surface area contributed by atoms with Gasteiger partial charge >= 0.3 is 12.1 Å². The molecule has 1 saturated heterocycles. The van der Waals surface area contributed by atoms with Crippen molar-refractivity contribution >= 4 is 18.0 Å². The largest absolute Gasteiger partial charge is 0.480 e. The Morgan fingerprint density at radius 1 is 1.09 bits per heavy atom. The summed E-state index contributed by atoms with van der Waals surface area (Å²) in [6, 6.07) is 15.3. The van der Waals surface area contributed by atoms with Gasteiger partial charge in [0.25, 0.3) is 0 Å². The van der Waals surface area contributed by atoms with Crippen molar-refractivity contribution in [1.82, 2.24) is 10.2 Å². The van der Waals surface area contributed by atoms with E-state index in [1.807, 2.05) is 24.3 Å². The van der Waals surface area contributed by atoms with E-state index in [0.717, 1.165) is 28.7 Å². The van der Waals surface area contributed by atoms with Crippen molar-refractivity contribution in [2.75, 3.05) is 19.8 Å². The smallest absolute Gasteiger partial charge is 0.407 e. The Labute approximate surface area is 204 Å². The van der Waals surface area contributed by atoms with Crippen LogP contribution in [0.5, 0.6) is 0 Å². The quantitative estimate of drug-likeness (QED) is 0.658. The van der Waals surface area contributed by atoms with Crippen molar-refractivity contribution in [1.29, 1.82) is 0 Å². The van der Waals surface area contributed by atoms with Gasteiger partial charge in [-0.15, -0.1) is 0 Å². The molecule has 2 amide bonds. The van der Waals surface area contributed by atoms with Gasteiger partial charge in [-0.05, 0) is 48.4 Å². The lowest BCUT2D eigenvalue weighted by Gasteiger charge is -2.44. The van der Waals surface area contributed by atoms with Crippen molar-refractivity contribution in [3.8, 4) is 11.1 Å². The standard InChI is InChI=1S/C27H30N2O6/c1-17-24(25(31)32)29(13-14-34-17)23(30)15-27(11-6-12-27)28-26(33)35-16-22-20-9-4-2-7-18(20)19-8-3-5-10-21(19)22/h2-5,7-10,17,22,24H,6,11-16H2,1H3,(H,28,33)(H,31,32). The Hall–Kier alpha value is -3.39. The summed E-state index contributed by atoms with van der Waals surface area (Å²) in [5, 5.41) is 12.5. The molecule has 35 heavy (non-hydrogen) atoms. The third kappa shape index (κ3) is 4.38. The number of carboxylic acids is 1. The molecule has 2 aromatic carbocycles. The second kappa shape index (κ2) is 9.34. The molecule has 0 aromatic heterocycles. The summed E-state index contributed by atoms with van der Waals surface area (Å²) in [5.41, 5.74) is 3.88. The van der Waals surface area contributed by atoms with Crippen molar-refractivity contribution < 1.29 is 29.0 Å². The third-order valence-electron chi connectivity index (χ3n) is 7.58. The number of morpholine rings is 1. The van der Waals surface area contributed by atoms with Crippen LogP contribution in [0.2, 0.25) is 0 Å². The van der Waals surface area contributed by atoms with E-state index >= 15 is 0 Å². The number of hydrogen-bond acceptors (Lipinski definition) is 5. The van der Waals surface area contributed by atoms with Crippen LogP contribution < -0.4 is 5.32 Å². The number of benzene rings is 2. The SMILES string of the molecule is CC1OCCN(C(=O)CC2(NC(=O)OCC3c4ccccc4-c4ccccc43)CCC2)C1C(=O)O. The summed E-state index contributed by atoms with van der Waals surface area (Å²) < 4.78 is 11.1. The van der Waals surface area contributed by atoms with E-state index < -0.39 is 29.7 Å². The van der Waals surface area contributed by atoms with E-state index in [9.17, 15) is 19.5 Å². The van der Waals surface area contributed by atoms with E-state index in [4.69, 9.17) is 9.47 Å². The minimum atomic E-state index is -1.09. The number of carbonyl (C=O) groups excluding carboxylic acids is 2. The fourth-order valence-corrected chi connectivity index (χ4v) is 5.63. The van der Waals surface area contributed by atoms with Gasteiger partial charge in [0.15, 0.2) is 6.04 Å². The van der Waals surface area contributed by atoms with Crippen LogP contribution in [-0.4, -0.2) is 65.4 Å². The minimum Gasteiger partial charge on any atom is -0.480 e. The lowest BCUT2D eigenvalue weighted by atomic mass is 9.74. The maximum Gasteiger partial charge on any atom is 0.407 e. The van der Waals surface area contributed by atoms with E-state index in [0.29, 0.717) is 19.4 Å². The van der Waals surface area contributed by atoms with Gasteiger partial charge in [-0.2, -0.15) is 0 Å². The van der Waals surface area contributed by atoms with E-state index in [1.54, 1.807) is 6.92 Å². The molecule has 1 aliphatic heterocycles. The molecule has 8 heteroatoms. The summed E-state index contributed by atoms with van der Waals surface area (Å²) in [6.45, 7) is 2.38. The molecule has 2 unspecified atom stereocenters. The Kier molecular flexibility index (Phi) is 6.23. The van der Waals surface area contributed by atoms with Gasteiger partial charge in [-0.1, -0.05) is 48.5 Å². The predicted octanol–water partition coefficient (Wildman–Crippen LogP) is 3.54. The van der Waals surface area contributed by atoms with Crippen LogP contribution in [0.15, 0.2) is 48.5 Å². The Bertz CT molecular complexity index is 1100. The zero-order valence-corrected chi connectivity index (χ0v) is 19.7. The summed E-state index contributed by atoms with van der Waals surface area (Å²) in [6.07, 6.45) is 1.11. The number of nitrogens with one attached hydrogen (secondary N) is 1. The number of rotatable bonds is 6. The molecule has 2 N–H and O–H groups in total. The third-order valence-corrected chi connectivity index (χ3v) is 7.58. The van der Waals surface area contributed by atoms with Gasteiger partial charge in [0.05, 0.1) is 24.7 Å². The molecule has 0 spiro atoms. The second-order valence-electron chi connectivity index (χ2n) is 9.71. The van der Waals surface area contributed by atoms with Crippen molar-refractivity contribution in [3.05, 3.63) is 59.7 Å². The minimum absolute atomic E-state index is 0.0433. The summed E-state index contributed by atoms with van der Waals surface area (Å²) in [4.78, 5) is 39.0. The zero-order valence-electron chi connectivity index (χ0n) is 19.7. The number of amides is 2. The normalized spacial score (nSPS) is 22.5. The van der Waals surface area contributed by atoms with E-state index in [1.165, 1.54) is 4.90 Å². The van der Waals surface area contributed by atoms with Crippen LogP contribution in [0, 0.1) is 0 Å². The lowest BCUT2D eigenvalue weighted by Crippen LogP contribution is -2.60. The number of carboxylic acid groups (broad SMARTS) is 1. The van der Waals surface area contributed by atoms with Crippen molar-refractivity contribution in [3.63, 3.8) is 0 Å². The average molecular weight is 479 g/mol. The number of aliphatic carboxylic acids is 1. The van der Waals surface area contributed by atoms with Gasteiger partial charge < -0.3 is 24.8 Å². The molecule has 0 radical (unpaired) electrons. The first-order chi connectivity index (χ1) is 16.9. The highest BCUT2D eigenvalue weighted by molar-refractivity contribution is 5.85. The van der Waals surface area contributed by atoms with Gasteiger partial charge in [0, 0.05) is 12.5 Å². The molecule has 8 nitrogen and oxygen atoms in total. The lowest BCUT2D eigenvalue weighted by molar-refractivity contribution is -0.165. The first kappa shape index (κ1) is 23.4. The van der Waals surface area contributed by atoms with Crippen LogP contribution >= 0.6 is 0 Å². The number of hydrogen-bond donors (Lipinski definition) is 2. The van der Waals surface area contributed by atoms with Gasteiger partial charge in [-0.25, -0.2) is 9.59 Å². The first-order valence-corrected chi connectivity index (χ1v) is 12.2. The Morgan fingerprint density at radius 2 is 1.71 bits per heavy atom. The molecule has 1 saturated carbocycles. The highest BCUT2D eigenvalue weighted by atomic mass is 16.5. The molecular weight excluding hydrogens is 448 g/mol. The van der Waals surface area contributed by atoms with Crippen LogP contribution in [0.3, 0.4) is 0 Å².